The maximum atomic E-state index is 15.6. The van der Waals surface area contributed by atoms with Crippen molar-refractivity contribution in [2.75, 3.05) is 18.0 Å². The highest BCUT2D eigenvalue weighted by Crippen LogP contribution is 2.41. The molecule has 8 nitrogen and oxygen atoms in total. The number of aromatic nitrogens is 1. The van der Waals surface area contributed by atoms with Gasteiger partial charge >= 0.3 is 5.97 Å². The number of aromatic carboxylic acids is 1. The molecule has 0 unspecified atom stereocenters. The minimum atomic E-state index is -1.60. The quantitative estimate of drug-likeness (QED) is 0.599. The van der Waals surface area contributed by atoms with Gasteiger partial charge in [0, 0.05) is 25.3 Å². The summed E-state index contributed by atoms with van der Waals surface area (Å²) in [5, 5.41) is 12.6. The standard InChI is InChI=1S/C19H19F3N4O4/c1-8-5-24(6-9(2)26(8)23-30)17-14(21)13(20)12-16(15(17)22)25(10-3-4-10)7-11(18(12)27)19(28)29/h7-10H,3-6H2,1-2H3,(H,28,29)/t8-,9+. The molecule has 1 aliphatic heterocycles. The summed E-state index contributed by atoms with van der Waals surface area (Å²) >= 11 is 0. The molecule has 1 aromatic heterocycles. The van der Waals surface area contributed by atoms with Gasteiger partial charge in [0.1, 0.15) is 11.3 Å². The zero-order valence-electron chi connectivity index (χ0n) is 16.2. The summed E-state index contributed by atoms with van der Waals surface area (Å²) < 4.78 is 46.9. The van der Waals surface area contributed by atoms with Crippen LogP contribution in [0.15, 0.2) is 16.3 Å². The Kier molecular flexibility index (Phi) is 4.70. The molecule has 1 saturated carbocycles. The summed E-state index contributed by atoms with van der Waals surface area (Å²) in [7, 11) is 0. The molecule has 0 radical (unpaired) electrons. The van der Waals surface area contributed by atoms with E-state index in [1.807, 2.05) is 0 Å². The van der Waals surface area contributed by atoms with E-state index in [1.165, 1.54) is 14.5 Å². The molecule has 1 N–H and O–H groups in total. The van der Waals surface area contributed by atoms with Crippen LogP contribution in [0.25, 0.3) is 10.9 Å². The van der Waals surface area contributed by atoms with E-state index in [9.17, 15) is 19.6 Å². The fraction of sp³-hybridized carbons (Fsp3) is 0.474. The second-order valence-corrected chi connectivity index (χ2v) is 7.89. The third-order valence-corrected chi connectivity index (χ3v) is 5.72. The van der Waals surface area contributed by atoms with E-state index >= 15 is 13.2 Å². The normalized spacial score (nSPS) is 21.9. The van der Waals surface area contributed by atoms with Gasteiger partial charge in [-0.2, -0.15) is 0 Å². The van der Waals surface area contributed by atoms with E-state index < -0.39 is 63.1 Å². The van der Waals surface area contributed by atoms with Crippen LogP contribution in [0.5, 0.6) is 0 Å². The number of fused-ring (bicyclic) bond motifs is 1. The van der Waals surface area contributed by atoms with Gasteiger partial charge in [-0.3, -0.25) is 9.80 Å². The number of nitrogens with zero attached hydrogens (tertiary/aromatic N) is 4. The van der Waals surface area contributed by atoms with E-state index in [4.69, 9.17) is 0 Å². The highest BCUT2D eigenvalue weighted by molar-refractivity contribution is 5.94. The molecule has 1 saturated heterocycles. The fourth-order valence-electron chi connectivity index (χ4n) is 4.21. The Hall–Kier alpha value is -3.11. The maximum Gasteiger partial charge on any atom is 0.341 e. The number of hydrogen-bond donors (Lipinski definition) is 1. The number of piperazine rings is 1. The lowest BCUT2D eigenvalue weighted by Gasteiger charge is -2.42. The van der Waals surface area contributed by atoms with Gasteiger partial charge in [-0.1, -0.05) is 0 Å². The summed E-state index contributed by atoms with van der Waals surface area (Å²) in [6.45, 7) is 3.32. The molecule has 160 valence electrons. The van der Waals surface area contributed by atoms with Crippen molar-refractivity contribution in [1.29, 1.82) is 0 Å². The van der Waals surface area contributed by atoms with Crippen molar-refractivity contribution < 1.29 is 23.1 Å². The van der Waals surface area contributed by atoms with E-state index in [-0.39, 0.29) is 19.1 Å². The van der Waals surface area contributed by atoms with E-state index in [1.54, 1.807) is 13.8 Å². The van der Waals surface area contributed by atoms with Crippen molar-refractivity contribution in [2.45, 2.75) is 44.8 Å². The van der Waals surface area contributed by atoms with E-state index in [0.29, 0.717) is 12.8 Å². The van der Waals surface area contributed by atoms with Gasteiger partial charge in [0.05, 0.1) is 28.3 Å². The largest absolute Gasteiger partial charge is 0.477 e. The van der Waals surface area contributed by atoms with Gasteiger partial charge in [-0.25, -0.2) is 18.0 Å². The van der Waals surface area contributed by atoms with Gasteiger partial charge in [-0.05, 0) is 26.7 Å². The number of carboxylic acids is 1. The summed E-state index contributed by atoms with van der Waals surface area (Å²) in [5.74, 6) is -5.87. The van der Waals surface area contributed by atoms with Gasteiger partial charge in [-0.15, -0.1) is 4.91 Å². The first-order valence-electron chi connectivity index (χ1n) is 9.52. The molecule has 0 spiro atoms. The first-order chi connectivity index (χ1) is 14.2. The van der Waals surface area contributed by atoms with Crippen molar-refractivity contribution in [3.63, 3.8) is 0 Å². The van der Waals surface area contributed by atoms with E-state index in [0.717, 1.165) is 6.20 Å². The van der Waals surface area contributed by atoms with Crippen LogP contribution < -0.4 is 10.3 Å². The SMILES string of the molecule is C[C@@H]1CN(c2c(F)c(F)c3c(=O)c(C(=O)O)cn(C4CC4)c3c2F)C[C@H](C)N1N=O. The van der Waals surface area contributed by atoms with Crippen LogP contribution in [0.3, 0.4) is 0 Å². The Morgan fingerprint density at radius 1 is 1.10 bits per heavy atom. The Labute approximate surface area is 168 Å². The first kappa shape index (κ1) is 20.2. The van der Waals surface area contributed by atoms with Crippen LogP contribution in [-0.2, 0) is 0 Å². The van der Waals surface area contributed by atoms with Crippen LogP contribution in [-0.4, -0.2) is 45.8 Å². The molecule has 0 amide bonds. The minimum Gasteiger partial charge on any atom is -0.477 e. The Morgan fingerprint density at radius 3 is 2.20 bits per heavy atom. The number of benzene rings is 1. The molecule has 2 aromatic rings. The molecule has 0 bridgehead atoms. The summed E-state index contributed by atoms with van der Waals surface area (Å²) in [5.41, 5.74) is -3.10. The lowest BCUT2D eigenvalue weighted by Crippen LogP contribution is -2.54. The van der Waals surface area contributed by atoms with Crippen LogP contribution in [0.1, 0.15) is 43.1 Å². The summed E-state index contributed by atoms with van der Waals surface area (Å²) in [6.07, 6.45) is 2.19. The monoisotopic (exact) mass is 424 g/mol. The predicted octanol–water partition coefficient (Wildman–Crippen LogP) is 3.03. The second kappa shape index (κ2) is 6.99. The Bertz CT molecular complexity index is 1120. The third kappa shape index (κ3) is 2.91. The average molecular weight is 424 g/mol. The molecule has 11 heteroatoms. The molecule has 2 heterocycles. The van der Waals surface area contributed by atoms with Crippen LogP contribution in [0, 0.1) is 22.4 Å². The Morgan fingerprint density at radius 2 is 1.70 bits per heavy atom. The fourth-order valence-corrected chi connectivity index (χ4v) is 4.21. The number of rotatable bonds is 4. The zero-order valence-corrected chi connectivity index (χ0v) is 16.2. The lowest BCUT2D eigenvalue weighted by atomic mass is 10.0. The van der Waals surface area contributed by atoms with Crippen molar-refractivity contribution in [1.82, 2.24) is 9.58 Å². The van der Waals surface area contributed by atoms with Crippen molar-refractivity contribution in [3.05, 3.63) is 44.3 Å². The van der Waals surface area contributed by atoms with Crippen molar-refractivity contribution in [3.8, 4) is 0 Å². The molecule has 30 heavy (non-hydrogen) atoms. The lowest BCUT2D eigenvalue weighted by molar-refractivity contribution is 0.0694. The second-order valence-electron chi connectivity index (χ2n) is 7.89. The predicted molar refractivity (Wildman–Crippen MR) is 102 cm³/mol. The molecule has 2 atom stereocenters. The topological polar surface area (TPSA) is 95.2 Å². The highest BCUT2D eigenvalue weighted by Gasteiger charge is 2.37. The number of pyridine rings is 1. The summed E-state index contributed by atoms with van der Waals surface area (Å²) in [6, 6.07) is -1.26. The minimum absolute atomic E-state index is 0.00966. The number of hydrogen-bond acceptors (Lipinski definition) is 5. The smallest absolute Gasteiger partial charge is 0.341 e. The molecule has 4 rings (SSSR count). The number of carbonyl (C=O) groups is 1. The number of anilines is 1. The van der Waals surface area contributed by atoms with Crippen LogP contribution in [0.4, 0.5) is 18.9 Å². The Balaban J connectivity index is 1.99. The van der Waals surface area contributed by atoms with E-state index in [2.05, 4.69) is 5.29 Å². The summed E-state index contributed by atoms with van der Waals surface area (Å²) in [4.78, 5) is 36.2. The zero-order chi connectivity index (χ0) is 21.9. The highest BCUT2D eigenvalue weighted by atomic mass is 19.2. The van der Waals surface area contributed by atoms with Crippen molar-refractivity contribution >= 4 is 22.6 Å². The first-order valence-corrected chi connectivity index (χ1v) is 9.52. The molecule has 2 aliphatic rings. The molecular weight excluding hydrogens is 405 g/mol. The average Bonchev–Trinajstić information content (AvgIpc) is 3.50. The molecular formula is C19H19F3N4O4. The number of nitroso groups, excluding NO2 is 1. The number of halogens is 3. The molecule has 1 aliphatic carbocycles. The van der Waals surface area contributed by atoms with Gasteiger partial charge in [0.25, 0.3) is 0 Å². The van der Waals surface area contributed by atoms with Gasteiger partial charge in [0.2, 0.25) is 5.43 Å². The number of carboxylic acid groups (broad SMARTS) is 1. The third-order valence-electron chi connectivity index (χ3n) is 5.72. The maximum absolute atomic E-state index is 15.6. The van der Waals surface area contributed by atoms with Gasteiger partial charge < -0.3 is 14.6 Å². The molecule has 2 fully saturated rings. The molecule has 1 aromatic carbocycles. The van der Waals surface area contributed by atoms with Gasteiger partial charge in [0.15, 0.2) is 17.5 Å². The van der Waals surface area contributed by atoms with Crippen LogP contribution >= 0.6 is 0 Å². The van der Waals surface area contributed by atoms with Crippen molar-refractivity contribution in [2.24, 2.45) is 5.29 Å². The van der Waals surface area contributed by atoms with Crippen LogP contribution in [0.2, 0.25) is 0 Å².